The van der Waals surface area contributed by atoms with Gasteiger partial charge in [-0.3, -0.25) is 10.1 Å². The van der Waals surface area contributed by atoms with E-state index in [2.05, 4.69) is 10.3 Å². The third kappa shape index (κ3) is 3.28. The maximum Gasteiger partial charge on any atom is 0.357 e. The van der Waals surface area contributed by atoms with Gasteiger partial charge in [0.2, 0.25) is 0 Å². The summed E-state index contributed by atoms with van der Waals surface area (Å²) in [6.45, 7) is 1.94. The van der Waals surface area contributed by atoms with Crippen LogP contribution in [0.1, 0.15) is 33.3 Å². The molecule has 1 atom stereocenters. The number of amides is 1. The first-order valence-electron chi connectivity index (χ1n) is 7.31. The van der Waals surface area contributed by atoms with Gasteiger partial charge in [-0.1, -0.05) is 18.2 Å². The number of benzene rings is 1. The fourth-order valence-electron chi connectivity index (χ4n) is 2.29. The Balaban J connectivity index is 1.68. The Hall–Kier alpha value is -2.74. The van der Waals surface area contributed by atoms with Crippen LogP contribution >= 0.6 is 11.3 Å². The van der Waals surface area contributed by atoms with E-state index in [0.29, 0.717) is 12.0 Å². The highest BCUT2D eigenvalue weighted by Crippen LogP contribution is 2.22. The molecule has 3 rings (SSSR count). The average Bonchev–Trinajstić information content (AvgIpc) is 3.03. The lowest BCUT2D eigenvalue weighted by molar-refractivity contribution is -0.125. The minimum absolute atomic E-state index is 0.128. The van der Waals surface area contributed by atoms with Crippen LogP contribution in [0.15, 0.2) is 29.6 Å². The highest BCUT2D eigenvalue weighted by molar-refractivity contribution is 7.14. The molecule has 0 aliphatic carbocycles. The van der Waals surface area contributed by atoms with Crippen molar-refractivity contribution in [3.63, 3.8) is 0 Å². The SMILES string of the molecule is CCOC(=O)c1csc(NC(=O)[C@H]2Cc3ccccc3C(=O)O2)n1. The molecule has 1 aromatic heterocycles. The van der Waals surface area contributed by atoms with Gasteiger partial charge in [-0.05, 0) is 18.6 Å². The lowest BCUT2D eigenvalue weighted by Crippen LogP contribution is -2.37. The number of cyclic esters (lactones) is 1. The topological polar surface area (TPSA) is 94.6 Å². The van der Waals surface area contributed by atoms with Gasteiger partial charge in [0, 0.05) is 11.8 Å². The second kappa shape index (κ2) is 6.79. The smallest absolute Gasteiger partial charge is 0.357 e. The van der Waals surface area contributed by atoms with Gasteiger partial charge in [0.25, 0.3) is 5.91 Å². The van der Waals surface area contributed by atoms with Crippen molar-refractivity contribution >= 4 is 34.3 Å². The van der Waals surface area contributed by atoms with Crippen LogP contribution in [0.2, 0.25) is 0 Å². The van der Waals surface area contributed by atoms with Gasteiger partial charge in [-0.2, -0.15) is 0 Å². The summed E-state index contributed by atoms with van der Waals surface area (Å²) in [6.07, 6.45) is -0.633. The number of nitrogens with one attached hydrogen (secondary N) is 1. The minimum atomic E-state index is -0.928. The number of carbonyl (C=O) groups excluding carboxylic acids is 3. The molecule has 0 radical (unpaired) electrons. The van der Waals surface area contributed by atoms with Gasteiger partial charge in [0.1, 0.15) is 0 Å². The largest absolute Gasteiger partial charge is 0.461 e. The van der Waals surface area contributed by atoms with Crippen molar-refractivity contribution < 1.29 is 23.9 Å². The molecule has 1 aliphatic heterocycles. The molecule has 24 heavy (non-hydrogen) atoms. The lowest BCUT2D eigenvalue weighted by atomic mass is 9.98. The van der Waals surface area contributed by atoms with Gasteiger partial charge < -0.3 is 9.47 Å². The molecule has 1 aromatic carbocycles. The van der Waals surface area contributed by atoms with E-state index in [-0.39, 0.29) is 17.4 Å². The highest BCUT2D eigenvalue weighted by Gasteiger charge is 2.31. The lowest BCUT2D eigenvalue weighted by Gasteiger charge is -2.23. The standard InChI is InChI=1S/C16H14N2O5S/c1-2-22-15(21)11-8-24-16(17-11)18-13(19)12-7-9-5-3-4-6-10(9)14(20)23-12/h3-6,8,12H,2,7H2,1H3,(H,17,18,19)/t12-/m1/s1. The van der Waals surface area contributed by atoms with Crippen molar-refractivity contribution in [1.82, 2.24) is 4.98 Å². The summed E-state index contributed by atoms with van der Waals surface area (Å²) >= 11 is 1.10. The molecule has 8 heteroatoms. The van der Waals surface area contributed by atoms with E-state index in [1.807, 2.05) is 0 Å². The molecule has 0 unspecified atom stereocenters. The summed E-state index contributed by atoms with van der Waals surface area (Å²) in [5, 5.41) is 4.31. The number of anilines is 1. The van der Waals surface area contributed by atoms with Crippen molar-refractivity contribution in [2.45, 2.75) is 19.4 Å². The van der Waals surface area contributed by atoms with E-state index < -0.39 is 23.9 Å². The number of ether oxygens (including phenoxy) is 2. The van der Waals surface area contributed by atoms with Gasteiger partial charge in [-0.15, -0.1) is 11.3 Å². The monoisotopic (exact) mass is 346 g/mol. The summed E-state index contributed by atoms with van der Waals surface area (Å²) in [6, 6.07) is 7.00. The second-order valence-corrected chi connectivity index (χ2v) is 5.86. The summed E-state index contributed by atoms with van der Waals surface area (Å²) in [5.41, 5.74) is 1.36. The zero-order valence-electron chi connectivity index (χ0n) is 12.8. The van der Waals surface area contributed by atoms with Gasteiger partial charge in [0.05, 0.1) is 12.2 Å². The number of thiazole rings is 1. The molecule has 124 valence electrons. The number of aromatic nitrogens is 1. The number of esters is 2. The first-order valence-corrected chi connectivity index (χ1v) is 8.19. The molecule has 2 aromatic rings. The van der Waals surface area contributed by atoms with Crippen LogP contribution in [-0.2, 0) is 20.7 Å². The Labute approximate surface area is 141 Å². The van der Waals surface area contributed by atoms with Gasteiger partial charge >= 0.3 is 11.9 Å². The maximum atomic E-state index is 12.3. The summed E-state index contributed by atoms with van der Waals surface area (Å²) in [7, 11) is 0. The zero-order valence-corrected chi connectivity index (χ0v) is 13.6. The van der Waals surface area contributed by atoms with Crippen molar-refractivity contribution in [2.24, 2.45) is 0 Å². The molecule has 1 N–H and O–H groups in total. The van der Waals surface area contributed by atoms with E-state index in [1.165, 1.54) is 5.38 Å². The van der Waals surface area contributed by atoms with Crippen LogP contribution < -0.4 is 5.32 Å². The highest BCUT2D eigenvalue weighted by atomic mass is 32.1. The van der Waals surface area contributed by atoms with E-state index in [4.69, 9.17) is 9.47 Å². The number of carbonyl (C=O) groups is 3. The van der Waals surface area contributed by atoms with E-state index in [0.717, 1.165) is 16.9 Å². The fraction of sp³-hybridized carbons (Fsp3) is 0.250. The van der Waals surface area contributed by atoms with Crippen LogP contribution in [0.4, 0.5) is 5.13 Å². The van der Waals surface area contributed by atoms with Crippen molar-refractivity contribution in [3.8, 4) is 0 Å². The number of fused-ring (bicyclic) bond motifs is 1. The summed E-state index contributed by atoms with van der Waals surface area (Å²) < 4.78 is 10.0. The molecular formula is C16H14N2O5S. The van der Waals surface area contributed by atoms with Crippen LogP contribution in [0, 0.1) is 0 Å². The van der Waals surface area contributed by atoms with Crippen LogP contribution in [0.3, 0.4) is 0 Å². The Kier molecular flexibility index (Phi) is 4.57. The van der Waals surface area contributed by atoms with E-state index >= 15 is 0 Å². The van der Waals surface area contributed by atoms with Crippen molar-refractivity contribution in [2.75, 3.05) is 11.9 Å². The Morgan fingerprint density at radius 2 is 2.21 bits per heavy atom. The third-order valence-electron chi connectivity index (χ3n) is 3.40. The first kappa shape index (κ1) is 16.1. The molecular weight excluding hydrogens is 332 g/mol. The zero-order chi connectivity index (χ0) is 17.1. The van der Waals surface area contributed by atoms with E-state index in [9.17, 15) is 14.4 Å². The fourth-order valence-corrected chi connectivity index (χ4v) is 2.98. The Morgan fingerprint density at radius 3 is 3.00 bits per heavy atom. The van der Waals surface area contributed by atoms with Gasteiger partial charge in [-0.25, -0.2) is 14.6 Å². The van der Waals surface area contributed by atoms with Crippen LogP contribution in [-0.4, -0.2) is 35.5 Å². The first-order chi connectivity index (χ1) is 11.6. The normalized spacial score (nSPS) is 16.0. The minimum Gasteiger partial charge on any atom is -0.461 e. The number of hydrogen-bond donors (Lipinski definition) is 1. The summed E-state index contributed by atoms with van der Waals surface area (Å²) in [5.74, 6) is -1.56. The number of nitrogens with zero attached hydrogens (tertiary/aromatic N) is 1. The molecule has 1 aliphatic rings. The molecule has 0 bridgehead atoms. The predicted molar refractivity (Wildman–Crippen MR) is 86.0 cm³/mol. The van der Waals surface area contributed by atoms with Crippen LogP contribution in [0.25, 0.3) is 0 Å². The molecule has 0 saturated heterocycles. The predicted octanol–water partition coefficient (Wildman–Crippen LogP) is 2.04. The molecule has 0 spiro atoms. The number of hydrogen-bond acceptors (Lipinski definition) is 7. The van der Waals surface area contributed by atoms with Crippen molar-refractivity contribution in [1.29, 1.82) is 0 Å². The average molecular weight is 346 g/mol. The number of rotatable bonds is 4. The quantitative estimate of drug-likeness (QED) is 0.852. The molecule has 1 amide bonds. The van der Waals surface area contributed by atoms with E-state index in [1.54, 1.807) is 31.2 Å². The summed E-state index contributed by atoms with van der Waals surface area (Å²) in [4.78, 5) is 39.8. The Bertz CT molecular complexity index is 801. The Morgan fingerprint density at radius 1 is 1.42 bits per heavy atom. The second-order valence-electron chi connectivity index (χ2n) is 5.00. The molecule has 2 heterocycles. The van der Waals surface area contributed by atoms with Gasteiger partial charge in [0.15, 0.2) is 16.9 Å². The molecule has 0 saturated carbocycles. The maximum absolute atomic E-state index is 12.3. The molecule has 0 fully saturated rings. The third-order valence-corrected chi connectivity index (χ3v) is 4.16. The molecule has 7 nitrogen and oxygen atoms in total. The van der Waals surface area contributed by atoms with Crippen molar-refractivity contribution in [3.05, 3.63) is 46.5 Å². The van der Waals surface area contributed by atoms with Crippen LogP contribution in [0.5, 0.6) is 0 Å².